The fourth-order valence-electron chi connectivity index (χ4n) is 0.361. The molecule has 9 heavy (non-hydrogen) atoms. The molecule has 44 valence electrons. The fourth-order valence-corrected chi connectivity index (χ4v) is 1.08. The van der Waals surface area contributed by atoms with Gasteiger partial charge in [-0.2, -0.15) is 0 Å². The van der Waals surface area contributed by atoms with E-state index in [-0.39, 0.29) is 0 Å². The summed E-state index contributed by atoms with van der Waals surface area (Å²) in [5.41, 5.74) is 8.37. The average Bonchev–Trinajstić information content (AvgIpc) is 1.95. The Bertz CT molecular complexity index is 176. The van der Waals surface area contributed by atoms with Gasteiger partial charge in [0.15, 0.2) is 0 Å². The molecule has 0 saturated carbocycles. The van der Waals surface area contributed by atoms with Crippen molar-refractivity contribution in [3.8, 4) is 23.9 Å². The van der Waals surface area contributed by atoms with Crippen LogP contribution in [0.3, 0.4) is 0 Å². The van der Waals surface area contributed by atoms with Gasteiger partial charge in [0.1, 0.15) is 0 Å². The quantitative estimate of drug-likeness (QED) is 0.391. The topological polar surface area (TPSA) is 0 Å². The standard InChI is InChI=1S/C8H8Si/c1-5-9(6-2,7-3)8-4/h1-2,7-8H,3-4H2. The molecular formula is C8H8Si. The summed E-state index contributed by atoms with van der Waals surface area (Å²) in [7, 11) is -2.11. The van der Waals surface area contributed by atoms with Crippen LogP contribution in [-0.2, 0) is 0 Å². The Balaban J connectivity index is 4.68. The lowest BCUT2D eigenvalue weighted by Crippen LogP contribution is -2.24. The van der Waals surface area contributed by atoms with Crippen molar-refractivity contribution >= 4 is 8.07 Å². The van der Waals surface area contributed by atoms with Gasteiger partial charge >= 0.3 is 0 Å². The van der Waals surface area contributed by atoms with Crippen molar-refractivity contribution in [1.29, 1.82) is 0 Å². The molecule has 0 nitrogen and oxygen atoms in total. The van der Waals surface area contributed by atoms with Crippen molar-refractivity contribution in [2.45, 2.75) is 0 Å². The third-order valence-electron chi connectivity index (χ3n) is 1.12. The molecule has 0 aromatic heterocycles. The van der Waals surface area contributed by atoms with Crippen molar-refractivity contribution in [2.24, 2.45) is 0 Å². The lowest BCUT2D eigenvalue weighted by Gasteiger charge is -2.04. The summed E-state index contributed by atoms with van der Waals surface area (Å²) in [6, 6.07) is 0. The molecule has 0 bridgehead atoms. The van der Waals surface area contributed by atoms with Crippen molar-refractivity contribution in [2.75, 3.05) is 0 Å². The van der Waals surface area contributed by atoms with Gasteiger partial charge in [0, 0.05) is 0 Å². The van der Waals surface area contributed by atoms with Gasteiger partial charge in [0.25, 0.3) is 8.07 Å². The van der Waals surface area contributed by atoms with Crippen LogP contribution < -0.4 is 0 Å². The van der Waals surface area contributed by atoms with Gasteiger partial charge in [-0.25, -0.2) is 0 Å². The van der Waals surface area contributed by atoms with E-state index in [0.717, 1.165) is 0 Å². The van der Waals surface area contributed by atoms with E-state index in [2.05, 4.69) is 24.2 Å². The van der Waals surface area contributed by atoms with E-state index in [4.69, 9.17) is 12.8 Å². The van der Waals surface area contributed by atoms with Crippen LogP contribution in [0.25, 0.3) is 0 Å². The lowest BCUT2D eigenvalue weighted by atomic mass is 11.2. The largest absolute Gasteiger partial charge is 0.260 e. The second kappa shape index (κ2) is 2.97. The van der Waals surface area contributed by atoms with Gasteiger partial charge in [0.2, 0.25) is 0 Å². The maximum Gasteiger partial charge on any atom is 0.260 e. The second-order valence-corrected chi connectivity index (χ2v) is 4.70. The molecule has 0 saturated heterocycles. The smallest absolute Gasteiger partial charge is 0.125 e. The molecule has 0 atom stereocenters. The monoisotopic (exact) mass is 132 g/mol. The van der Waals surface area contributed by atoms with Crippen molar-refractivity contribution < 1.29 is 0 Å². The van der Waals surface area contributed by atoms with E-state index in [1.54, 1.807) is 11.4 Å². The van der Waals surface area contributed by atoms with Crippen LogP contribution in [0.1, 0.15) is 0 Å². The zero-order valence-electron chi connectivity index (χ0n) is 5.22. The average molecular weight is 132 g/mol. The first-order valence-corrected chi connectivity index (χ1v) is 4.63. The molecule has 0 amide bonds. The number of hydrogen-bond acceptors (Lipinski definition) is 0. The highest BCUT2D eigenvalue weighted by Gasteiger charge is 2.18. The SMILES string of the molecule is C#C[Si](C#C)(C=C)C=C. The third kappa shape index (κ3) is 1.35. The molecule has 0 N–H and O–H groups in total. The maximum absolute atomic E-state index is 5.17. The zero-order chi connectivity index (χ0) is 7.33. The minimum absolute atomic E-state index is 1.65. The van der Waals surface area contributed by atoms with Crippen LogP contribution in [0.2, 0.25) is 0 Å². The summed E-state index contributed by atoms with van der Waals surface area (Å²) in [6.45, 7) is 7.10. The Kier molecular flexibility index (Phi) is 2.58. The van der Waals surface area contributed by atoms with Crippen molar-refractivity contribution in [3.05, 3.63) is 24.6 Å². The molecule has 0 spiro atoms. The number of terminal acetylenes is 2. The number of rotatable bonds is 2. The molecule has 0 fully saturated rings. The van der Waals surface area contributed by atoms with Gasteiger partial charge in [-0.05, 0) is 0 Å². The first-order valence-electron chi connectivity index (χ1n) is 2.47. The highest BCUT2D eigenvalue weighted by Crippen LogP contribution is 2.00. The molecule has 0 heterocycles. The van der Waals surface area contributed by atoms with Crippen molar-refractivity contribution in [3.63, 3.8) is 0 Å². The van der Waals surface area contributed by atoms with Crippen LogP contribution in [0, 0.1) is 23.9 Å². The molecule has 1 heteroatoms. The highest BCUT2D eigenvalue weighted by atomic mass is 28.3. The minimum Gasteiger partial charge on any atom is -0.125 e. The van der Waals surface area contributed by atoms with Gasteiger partial charge in [-0.1, -0.05) is 11.4 Å². The minimum atomic E-state index is -2.11. The van der Waals surface area contributed by atoms with E-state index >= 15 is 0 Å². The molecule has 0 aliphatic heterocycles. The van der Waals surface area contributed by atoms with Crippen LogP contribution in [0.15, 0.2) is 24.6 Å². The number of hydrogen-bond donors (Lipinski definition) is 0. The Labute approximate surface area is 57.3 Å². The summed E-state index contributed by atoms with van der Waals surface area (Å²) < 4.78 is 0. The van der Waals surface area contributed by atoms with E-state index in [1.807, 2.05) is 0 Å². The Morgan fingerprint density at radius 1 is 1.11 bits per heavy atom. The Morgan fingerprint density at radius 2 is 1.44 bits per heavy atom. The van der Waals surface area contributed by atoms with Crippen LogP contribution in [0.4, 0.5) is 0 Å². The van der Waals surface area contributed by atoms with Crippen LogP contribution in [-0.4, -0.2) is 8.07 Å². The van der Waals surface area contributed by atoms with E-state index < -0.39 is 8.07 Å². The molecule has 0 unspecified atom stereocenters. The third-order valence-corrected chi connectivity index (χ3v) is 3.36. The second-order valence-electron chi connectivity index (χ2n) is 1.57. The lowest BCUT2D eigenvalue weighted by molar-refractivity contribution is 2.21. The predicted molar refractivity (Wildman–Crippen MR) is 43.8 cm³/mol. The summed E-state index contributed by atoms with van der Waals surface area (Å²) in [4.78, 5) is 0. The van der Waals surface area contributed by atoms with Gasteiger partial charge in [-0.3, -0.25) is 0 Å². The first kappa shape index (κ1) is 7.82. The van der Waals surface area contributed by atoms with Crippen LogP contribution in [0.5, 0.6) is 0 Å². The summed E-state index contributed by atoms with van der Waals surface area (Å²) in [5, 5.41) is 0. The first-order chi connectivity index (χ1) is 4.24. The summed E-state index contributed by atoms with van der Waals surface area (Å²) >= 11 is 0. The van der Waals surface area contributed by atoms with Crippen molar-refractivity contribution in [1.82, 2.24) is 0 Å². The Morgan fingerprint density at radius 3 is 1.44 bits per heavy atom. The van der Waals surface area contributed by atoms with Gasteiger partial charge < -0.3 is 0 Å². The zero-order valence-corrected chi connectivity index (χ0v) is 6.22. The van der Waals surface area contributed by atoms with Gasteiger partial charge in [0.05, 0.1) is 0 Å². The predicted octanol–water partition coefficient (Wildman–Crippen LogP) is 1.23. The van der Waals surface area contributed by atoms with E-state index in [9.17, 15) is 0 Å². The fraction of sp³-hybridized carbons (Fsp3) is 0. The molecule has 0 radical (unpaired) electrons. The molecular weight excluding hydrogens is 124 g/mol. The molecule has 0 aliphatic carbocycles. The molecule has 0 aliphatic rings. The van der Waals surface area contributed by atoms with E-state index in [0.29, 0.717) is 0 Å². The Hall–Kier alpha value is -1.18. The van der Waals surface area contributed by atoms with Crippen LogP contribution >= 0.6 is 0 Å². The van der Waals surface area contributed by atoms with Gasteiger partial charge in [-0.15, -0.1) is 37.1 Å². The summed E-state index contributed by atoms with van der Waals surface area (Å²) in [6.07, 6.45) is 10.3. The molecule has 0 aromatic carbocycles. The molecule has 0 rings (SSSR count). The summed E-state index contributed by atoms with van der Waals surface area (Å²) in [5.74, 6) is 0. The highest BCUT2D eigenvalue weighted by molar-refractivity contribution is 7.01. The van der Waals surface area contributed by atoms with E-state index in [1.165, 1.54) is 0 Å². The normalized spacial score (nSPS) is 8.67. The maximum atomic E-state index is 5.17. The molecule has 0 aromatic rings.